The molecule has 1 unspecified atom stereocenters. The number of aromatic hydroxyl groups is 1. The lowest BCUT2D eigenvalue weighted by molar-refractivity contribution is 0.475. The first kappa shape index (κ1) is 14.0. The van der Waals surface area contributed by atoms with Crippen LogP contribution >= 0.6 is 23.2 Å². The van der Waals surface area contributed by atoms with Crippen molar-refractivity contribution in [3.8, 4) is 5.75 Å². The third kappa shape index (κ3) is 3.34. The molecule has 0 heterocycles. The van der Waals surface area contributed by atoms with Crippen LogP contribution in [-0.2, 0) is 0 Å². The molecule has 2 N–H and O–H groups in total. The molecule has 0 radical (unpaired) electrons. The predicted molar refractivity (Wildman–Crippen MR) is 81.2 cm³/mol. The Labute approximate surface area is 123 Å². The van der Waals surface area contributed by atoms with Gasteiger partial charge in [0.25, 0.3) is 0 Å². The quantitative estimate of drug-likeness (QED) is 0.806. The second-order valence-electron chi connectivity index (χ2n) is 4.29. The van der Waals surface area contributed by atoms with Crippen molar-refractivity contribution in [3.63, 3.8) is 0 Å². The Kier molecular flexibility index (Phi) is 4.56. The van der Waals surface area contributed by atoms with E-state index in [1.807, 2.05) is 18.2 Å². The molecule has 0 saturated heterocycles. The van der Waals surface area contributed by atoms with Crippen molar-refractivity contribution in [2.75, 3.05) is 5.32 Å². The van der Waals surface area contributed by atoms with Gasteiger partial charge in [-0.15, -0.1) is 0 Å². The number of anilines is 1. The summed E-state index contributed by atoms with van der Waals surface area (Å²) in [6, 6.07) is 12.7. The summed E-state index contributed by atoms with van der Waals surface area (Å²) in [5, 5.41) is 13.9. The molecule has 0 aliphatic heterocycles. The van der Waals surface area contributed by atoms with E-state index in [9.17, 15) is 5.11 Å². The molecule has 0 fully saturated rings. The normalized spacial score (nSPS) is 12.2. The second-order valence-corrected chi connectivity index (χ2v) is 5.11. The van der Waals surface area contributed by atoms with Crippen molar-refractivity contribution in [1.82, 2.24) is 0 Å². The van der Waals surface area contributed by atoms with Crippen LogP contribution in [0.2, 0.25) is 10.0 Å². The Bertz CT molecular complexity index is 534. The van der Waals surface area contributed by atoms with Gasteiger partial charge in [-0.25, -0.2) is 0 Å². The standard InChI is InChI=1S/C15H15Cl2NO/c1-2-14(10-6-8-11(19)9-7-10)18-15-12(16)4-3-5-13(15)17/h3-9,14,18-19H,2H2,1H3. The van der Waals surface area contributed by atoms with E-state index in [4.69, 9.17) is 23.2 Å². The fourth-order valence-corrected chi connectivity index (χ4v) is 2.44. The van der Waals surface area contributed by atoms with Gasteiger partial charge in [-0.05, 0) is 36.2 Å². The number of hydrogen-bond acceptors (Lipinski definition) is 2. The molecule has 2 aromatic rings. The molecule has 0 aliphatic carbocycles. The average Bonchev–Trinajstić information content (AvgIpc) is 2.40. The maximum absolute atomic E-state index is 9.33. The zero-order valence-corrected chi connectivity index (χ0v) is 12.0. The molecule has 0 aromatic heterocycles. The third-order valence-electron chi connectivity index (χ3n) is 2.99. The van der Waals surface area contributed by atoms with Crippen LogP contribution in [0.15, 0.2) is 42.5 Å². The highest BCUT2D eigenvalue weighted by atomic mass is 35.5. The Morgan fingerprint density at radius 3 is 2.16 bits per heavy atom. The second kappa shape index (κ2) is 6.18. The maximum Gasteiger partial charge on any atom is 0.115 e. The van der Waals surface area contributed by atoms with Crippen LogP contribution in [0.1, 0.15) is 24.9 Å². The summed E-state index contributed by atoms with van der Waals surface area (Å²) in [6.45, 7) is 2.08. The first-order valence-corrected chi connectivity index (χ1v) is 6.87. The number of rotatable bonds is 4. The van der Waals surface area contributed by atoms with Crippen molar-refractivity contribution in [3.05, 3.63) is 58.1 Å². The lowest BCUT2D eigenvalue weighted by Gasteiger charge is -2.20. The minimum Gasteiger partial charge on any atom is -0.508 e. The van der Waals surface area contributed by atoms with Gasteiger partial charge < -0.3 is 10.4 Å². The predicted octanol–water partition coefficient (Wildman–Crippen LogP) is 5.26. The number of halogens is 2. The molecule has 0 spiro atoms. The third-order valence-corrected chi connectivity index (χ3v) is 3.61. The molecule has 1 atom stereocenters. The smallest absolute Gasteiger partial charge is 0.115 e. The van der Waals surface area contributed by atoms with Crippen LogP contribution in [0, 0.1) is 0 Å². The number of hydrogen-bond donors (Lipinski definition) is 2. The molecule has 0 saturated carbocycles. The number of para-hydroxylation sites is 1. The first-order valence-electron chi connectivity index (χ1n) is 6.11. The van der Waals surface area contributed by atoms with E-state index in [0.29, 0.717) is 10.0 Å². The van der Waals surface area contributed by atoms with Gasteiger partial charge in [0.2, 0.25) is 0 Å². The molecule has 0 bridgehead atoms. The lowest BCUT2D eigenvalue weighted by atomic mass is 10.0. The number of benzene rings is 2. The summed E-state index contributed by atoms with van der Waals surface area (Å²) in [7, 11) is 0. The molecular formula is C15H15Cl2NO. The Morgan fingerprint density at radius 2 is 1.63 bits per heavy atom. The Hall–Kier alpha value is -1.38. The van der Waals surface area contributed by atoms with Crippen molar-refractivity contribution in [1.29, 1.82) is 0 Å². The molecule has 2 nitrogen and oxygen atoms in total. The minimum atomic E-state index is 0.0954. The zero-order valence-electron chi connectivity index (χ0n) is 10.5. The van der Waals surface area contributed by atoms with Crippen molar-refractivity contribution < 1.29 is 5.11 Å². The molecule has 100 valence electrons. The minimum absolute atomic E-state index is 0.0954. The maximum atomic E-state index is 9.33. The monoisotopic (exact) mass is 295 g/mol. The zero-order chi connectivity index (χ0) is 13.8. The van der Waals surface area contributed by atoms with Crippen molar-refractivity contribution >= 4 is 28.9 Å². The highest BCUT2D eigenvalue weighted by Gasteiger charge is 2.13. The number of nitrogens with one attached hydrogen (secondary N) is 1. The van der Waals surface area contributed by atoms with E-state index in [0.717, 1.165) is 17.7 Å². The Morgan fingerprint density at radius 1 is 1.05 bits per heavy atom. The van der Waals surface area contributed by atoms with E-state index in [1.165, 1.54) is 0 Å². The van der Waals surface area contributed by atoms with Crippen LogP contribution in [0.5, 0.6) is 5.75 Å². The van der Waals surface area contributed by atoms with E-state index < -0.39 is 0 Å². The Balaban J connectivity index is 2.26. The van der Waals surface area contributed by atoms with Crippen LogP contribution in [-0.4, -0.2) is 5.11 Å². The molecule has 19 heavy (non-hydrogen) atoms. The SMILES string of the molecule is CCC(Nc1c(Cl)cccc1Cl)c1ccc(O)cc1. The topological polar surface area (TPSA) is 32.3 Å². The summed E-state index contributed by atoms with van der Waals surface area (Å²) >= 11 is 12.3. The van der Waals surface area contributed by atoms with Gasteiger partial charge >= 0.3 is 0 Å². The fourth-order valence-electron chi connectivity index (χ4n) is 1.94. The summed E-state index contributed by atoms with van der Waals surface area (Å²) in [5.41, 5.74) is 1.82. The number of phenolic OH excluding ortho intramolecular Hbond substituents is 1. The van der Waals surface area contributed by atoms with E-state index in [2.05, 4.69) is 12.2 Å². The van der Waals surface area contributed by atoms with Crippen LogP contribution < -0.4 is 5.32 Å². The molecule has 4 heteroatoms. The van der Waals surface area contributed by atoms with Gasteiger partial charge in [-0.1, -0.05) is 48.3 Å². The van der Waals surface area contributed by atoms with Crippen LogP contribution in [0.25, 0.3) is 0 Å². The average molecular weight is 296 g/mol. The van der Waals surface area contributed by atoms with Crippen molar-refractivity contribution in [2.45, 2.75) is 19.4 Å². The van der Waals surface area contributed by atoms with Gasteiger partial charge in [0.1, 0.15) is 5.75 Å². The van der Waals surface area contributed by atoms with Crippen molar-refractivity contribution in [2.24, 2.45) is 0 Å². The first-order chi connectivity index (χ1) is 9.11. The van der Waals surface area contributed by atoms with Gasteiger partial charge in [-0.2, -0.15) is 0 Å². The lowest BCUT2D eigenvalue weighted by Crippen LogP contribution is -2.10. The molecular weight excluding hydrogens is 281 g/mol. The van der Waals surface area contributed by atoms with Gasteiger partial charge in [0.05, 0.1) is 21.8 Å². The summed E-state index contributed by atoms with van der Waals surface area (Å²) < 4.78 is 0. The molecule has 0 aliphatic rings. The van der Waals surface area contributed by atoms with Gasteiger partial charge in [-0.3, -0.25) is 0 Å². The van der Waals surface area contributed by atoms with Gasteiger partial charge in [0.15, 0.2) is 0 Å². The van der Waals surface area contributed by atoms with E-state index in [-0.39, 0.29) is 11.8 Å². The molecule has 0 amide bonds. The van der Waals surface area contributed by atoms with Crippen LogP contribution in [0.4, 0.5) is 5.69 Å². The molecule has 2 rings (SSSR count). The van der Waals surface area contributed by atoms with E-state index in [1.54, 1.807) is 24.3 Å². The summed E-state index contributed by atoms with van der Waals surface area (Å²) in [5.74, 6) is 0.259. The largest absolute Gasteiger partial charge is 0.508 e. The van der Waals surface area contributed by atoms with E-state index >= 15 is 0 Å². The highest BCUT2D eigenvalue weighted by molar-refractivity contribution is 6.39. The highest BCUT2D eigenvalue weighted by Crippen LogP contribution is 2.34. The van der Waals surface area contributed by atoms with Crippen LogP contribution in [0.3, 0.4) is 0 Å². The van der Waals surface area contributed by atoms with Gasteiger partial charge in [0, 0.05) is 0 Å². The fraction of sp³-hybridized carbons (Fsp3) is 0.200. The number of phenols is 1. The summed E-state index contributed by atoms with van der Waals surface area (Å²) in [6.07, 6.45) is 0.881. The molecule has 2 aromatic carbocycles. The summed E-state index contributed by atoms with van der Waals surface area (Å²) in [4.78, 5) is 0.